The molecule has 2 unspecified atom stereocenters. The Labute approximate surface area is 158 Å². The molecule has 0 saturated carbocycles. The van der Waals surface area contributed by atoms with Gasteiger partial charge in [0.15, 0.2) is 0 Å². The molecule has 0 aliphatic carbocycles. The van der Waals surface area contributed by atoms with Crippen LogP contribution in [0.4, 0.5) is 23.8 Å². The highest BCUT2D eigenvalue weighted by Gasteiger charge is 2.39. The summed E-state index contributed by atoms with van der Waals surface area (Å²) in [5.41, 5.74) is -0.405. The molecule has 2 aromatic heterocycles. The Morgan fingerprint density at radius 1 is 1.29 bits per heavy atom. The predicted octanol–water partition coefficient (Wildman–Crippen LogP) is 3.41. The van der Waals surface area contributed by atoms with Crippen molar-refractivity contribution in [3.05, 3.63) is 53.5 Å². The van der Waals surface area contributed by atoms with E-state index in [0.29, 0.717) is 5.56 Å². The average molecular weight is 394 g/mol. The summed E-state index contributed by atoms with van der Waals surface area (Å²) in [6, 6.07) is 5.13. The number of rotatable bonds is 3. The van der Waals surface area contributed by atoms with Crippen LogP contribution < -0.4 is 10.6 Å². The zero-order valence-corrected chi connectivity index (χ0v) is 14.8. The number of alkyl halides is 3. The van der Waals surface area contributed by atoms with E-state index in [4.69, 9.17) is 0 Å². The van der Waals surface area contributed by atoms with E-state index >= 15 is 0 Å². The molecule has 0 spiro atoms. The van der Waals surface area contributed by atoms with Crippen molar-refractivity contribution in [1.82, 2.24) is 15.3 Å². The second kappa shape index (κ2) is 7.83. The molecular weight excluding hydrogens is 377 g/mol. The van der Waals surface area contributed by atoms with Gasteiger partial charge in [-0.25, -0.2) is 9.78 Å². The van der Waals surface area contributed by atoms with Crippen molar-refractivity contribution < 1.29 is 27.5 Å². The first-order valence-electron chi connectivity index (χ1n) is 8.40. The van der Waals surface area contributed by atoms with Crippen LogP contribution in [-0.2, 0) is 15.7 Å². The van der Waals surface area contributed by atoms with Crippen molar-refractivity contribution in [1.29, 1.82) is 0 Å². The van der Waals surface area contributed by atoms with Gasteiger partial charge in [-0.05, 0) is 36.1 Å². The number of hydrogen-bond acceptors (Lipinski definition) is 5. The van der Waals surface area contributed by atoms with Crippen LogP contribution in [0.5, 0.6) is 0 Å². The summed E-state index contributed by atoms with van der Waals surface area (Å²) in [7, 11) is 1.21. The van der Waals surface area contributed by atoms with Crippen LogP contribution in [0.3, 0.4) is 0 Å². The number of anilines is 1. The summed E-state index contributed by atoms with van der Waals surface area (Å²) < 4.78 is 44.4. The maximum atomic E-state index is 13.3. The molecule has 1 fully saturated rings. The van der Waals surface area contributed by atoms with Crippen molar-refractivity contribution >= 4 is 17.8 Å². The van der Waals surface area contributed by atoms with Gasteiger partial charge >= 0.3 is 12.3 Å². The van der Waals surface area contributed by atoms with E-state index in [9.17, 15) is 22.8 Å². The number of hydrogen-bond donors (Lipinski definition) is 2. The first-order valence-corrected chi connectivity index (χ1v) is 8.40. The molecule has 2 amide bonds. The summed E-state index contributed by atoms with van der Waals surface area (Å²) in [4.78, 5) is 31.0. The molecule has 2 aromatic rings. The van der Waals surface area contributed by atoms with Crippen molar-refractivity contribution in [3.8, 4) is 0 Å². The van der Waals surface area contributed by atoms with Crippen LogP contribution in [0.1, 0.15) is 41.6 Å². The Kier molecular flexibility index (Phi) is 5.48. The maximum absolute atomic E-state index is 13.3. The zero-order valence-electron chi connectivity index (χ0n) is 14.8. The lowest BCUT2D eigenvalue weighted by Crippen LogP contribution is -2.37. The van der Waals surface area contributed by atoms with Gasteiger partial charge in [-0.2, -0.15) is 13.2 Å². The third kappa shape index (κ3) is 4.38. The van der Waals surface area contributed by atoms with Crippen molar-refractivity contribution in [2.75, 3.05) is 12.4 Å². The number of carbonyl (C=O) groups is 2. The molecule has 2 atom stereocenters. The molecule has 1 saturated heterocycles. The van der Waals surface area contributed by atoms with Gasteiger partial charge in [-0.1, -0.05) is 6.07 Å². The number of ether oxygens (including phenoxy) is 1. The number of nitrogens with zero attached hydrogens (tertiary/aromatic N) is 2. The molecule has 28 heavy (non-hydrogen) atoms. The SMILES string of the molecule is COC(=O)Nc1cc(C2CC(=O)NC(c3cccnc3C(F)(F)F)C2)ccn1. The molecule has 10 heteroatoms. The van der Waals surface area contributed by atoms with Gasteiger partial charge in [-0.15, -0.1) is 0 Å². The monoisotopic (exact) mass is 394 g/mol. The fraction of sp³-hybridized carbons (Fsp3) is 0.333. The second-order valence-electron chi connectivity index (χ2n) is 6.29. The molecular formula is C18H17F3N4O3. The molecule has 3 heterocycles. The predicted molar refractivity (Wildman–Crippen MR) is 92.4 cm³/mol. The molecule has 0 radical (unpaired) electrons. The highest BCUT2D eigenvalue weighted by atomic mass is 19.4. The average Bonchev–Trinajstić information content (AvgIpc) is 2.67. The summed E-state index contributed by atoms with van der Waals surface area (Å²) >= 11 is 0. The molecule has 2 N–H and O–H groups in total. The standard InChI is InChI=1S/C18H17F3N4O3/c1-28-17(27)25-14-8-10(4-6-22-14)11-7-13(24-15(26)9-11)12-3-2-5-23-16(12)18(19,20)21/h2-6,8,11,13H,7,9H2,1H3,(H,24,26)(H,22,25,27). The largest absolute Gasteiger partial charge is 0.453 e. The van der Waals surface area contributed by atoms with Gasteiger partial charge in [0.05, 0.1) is 13.2 Å². The third-order valence-electron chi connectivity index (χ3n) is 4.44. The van der Waals surface area contributed by atoms with Crippen LogP contribution in [0.2, 0.25) is 0 Å². The summed E-state index contributed by atoms with van der Waals surface area (Å²) in [5.74, 6) is -0.483. The van der Waals surface area contributed by atoms with Gasteiger partial charge in [0.2, 0.25) is 5.91 Å². The lowest BCUT2D eigenvalue weighted by Gasteiger charge is -2.31. The summed E-state index contributed by atoms with van der Waals surface area (Å²) in [6.07, 6.45) is -2.44. The lowest BCUT2D eigenvalue weighted by molar-refractivity contribution is -0.142. The Hall–Kier alpha value is -3.17. The van der Waals surface area contributed by atoms with Crippen LogP contribution in [0, 0.1) is 0 Å². The molecule has 0 bridgehead atoms. The van der Waals surface area contributed by atoms with Crippen molar-refractivity contribution in [3.63, 3.8) is 0 Å². The minimum atomic E-state index is -4.62. The molecule has 7 nitrogen and oxygen atoms in total. The summed E-state index contributed by atoms with van der Waals surface area (Å²) in [5, 5.41) is 5.04. The van der Waals surface area contributed by atoms with Gasteiger partial charge in [0.25, 0.3) is 0 Å². The smallest absolute Gasteiger partial charge is 0.433 e. The van der Waals surface area contributed by atoms with E-state index in [-0.39, 0.29) is 36.0 Å². The van der Waals surface area contributed by atoms with E-state index in [1.807, 2.05) is 0 Å². The number of piperidine rings is 1. The van der Waals surface area contributed by atoms with Crippen LogP contribution in [-0.4, -0.2) is 29.1 Å². The maximum Gasteiger partial charge on any atom is 0.433 e. The van der Waals surface area contributed by atoms with Crippen LogP contribution in [0.15, 0.2) is 36.7 Å². The number of nitrogens with one attached hydrogen (secondary N) is 2. The van der Waals surface area contributed by atoms with Crippen LogP contribution >= 0.6 is 0 Å². The van der Waals surface area contributed by atoms with Crippen molar-refractivity contribution in [2.24, 2.45) is 0 Å². The molecule has 0 aromatic carbocycles. The number of methoxy groups -OCH3 is 1. The first kappa shape index (κ1) is 19.6. The van der Waals surface area contributed by atoms with E-state index in [0.717, 1.165) is 6.20 Å². The number of amides is 2. The fourth-order valence-corrected chi connectivity index (χ4v) is 3.22. The van der Waals surface area contributed by atoms with Gasteiger partial charge in [-0.3, -0.25) is 15.1 Å². The minimum absolute atomic E-state index is 0.0741. The Morgan fingerprint density at radius 3 is 2.79 bits per heavy atom. The van der Waals surface area contributed by atoms with Gasteiger partial charge in [0.1, 0.15) is 11.5 Å². The molecule has 1 aliphatic rings. The van der Waals surface area contributed by atoms with Gasteiger partial charge in [0, 0.05) is 24.4 Å². The number of aromatic nitrogens is 2. The number of carbonyl (C=O) groups excluding carboxylic acids is 2. The third-order valence-corrected chi connectivity index (χ3v) is 4.44. The van der Waals surface area contributed by atoms with E-state index in [1.165, 1.54) is 25.4 Å². The zero-order chi connectivity index (χ0) is 20.3. The van der Waals surface area contributed by atoms with Gasteiger partial charge < -0.3 is 10.1 Å². The molecule has 1 aliphatic heterocycles. The molecule has 148 valence electrons. The Balaban J connectivity index is 1.88. The second-order valence-corrected chi connectivity index (χ2v) is 6.29. The highest BCUT2D eigenvalue weighted by molar-refractivity contribution is 5.83. The topological polar surface area (TPSA) is 93.2 Å². The first-order chi connectivity index (χ1) is 13.3. The quantitative estimate of drug-likeness (QED) is 0.832. The Morgan fingerprint density at radius 2 is 2.07 bits per heavy atom. The van der Waals surface area contributed by atoms with E-state index in [2.05, 4.69) is 25.3 Å². The van der Waals surface area contributed by atoms with Crippen LogP contribution in [0.25, 0.3) is 0 Å². The minimum Gasteiger partial charge on any atom is -0.453 e. The number of pyridine rings is 2. The Bertz CT molecular complexity index is 888. The number of halogens is 3. The lowest BCUT2D eigenvalue weighted by atomic mass is 9.83. The van der Waals surface area contributed by atoms with E-state index < -0.39 is 24.0 Å². The molecule has 3 rings (SSSR count). The highest BCUT2D eigenvalue weighted by Crippen LogP contribution is 2.39. The van der Waals surface area contributed by atoms with Crippen molar-refractivity contribution in [2.45, 2.75) is 31.0 Å². The summed E-state index contributed by atoms with van der Waals surface area (Å²) in [6.45, 7) is 0. The van der Waals surface area contributed by atoms with E-state index in [1.54, 1.807) is 12.1 Å². The normalized spacial score (nSPS) is 19.6. The fourth-order valence-electron chi connectivity index (χ4n) is 3.22.